The zero-order valence-corrected chi connectivity index (χ0v) is 19.9. The first-order chi connectivity index (χ1) is 14.6. The Morgan fingerprint density at radius 2 is 1.55 bits per heavy atom. The van der Waals surface area contributed by atoms with E-state index in [1.807, 2.05) is 51.1 Å². The van der Waals surface area contributed by atoms with Crippen molar-refractivity contribution in [1.29, 1.82) is 0 Å². The normalized spacial score (nSPS) is 13.4. The average molecular weight is 423 g/mol. The van der Waals surface area contributed by atoms with Crippen LogP contribution in [0.2, 0.25) is 0 Å². The van der Waals surface area contributed by atoms with Gasteiger partial charge in [-0.05, 0) is 48.8 Å². The van der Waals surface area contributed by atoms with Gasteiger partial charge in [0.25, 0.3) is 0 Å². The van der Waals surface area contributed by atoms with Crippen LogP contribution in [-0.4, -0.2) is 28.8 Å². The number of carbonyl (C=O) groups excluding carboxylic acids is 2. The number of nitrogens with one attached hydrogen (secondary N) is 1. The number of carbonyl (C=O) groups is 2. The smallest absolute Gasteiger partial charge is 0.242 e. The summed E-state index contributed by atoms with van der Waals surface area (Å²) in [6.07, 6.45) is 1.90. The van der Waals surface area contributed by atoms with E-state index in [-0.39, 0.29) is 23.3 Å². The molecule has 0 spiro atoms. The van der Waals surface area contributed by atoms with Crippen LogP contribution in [0.4, 0.5) is 0 Å². The number of rotatable bonds is 9. The van der Waals surface area contributed by atoms with E-state index in [4.69, 9.17) is 0 Å². The minimum Gasteiger partial charge on any atom is -0.352 e. The molecule has 0 aliphatic rings. The molecule has 0 aliphatic carbocycles. The third-order valence-corrected chi connectivity index (χ3v) is 5.81. The second-order valence-electron chi connectivity index (χ2n) is 9.45. The van der Waals surface area contributed by atoms with Gasteiger partial charge in [-0.15, -0.1) is 0 Å². The van der Waals surface area contributed by atoms with Crippen LogP contribution in [0, 0.1) is 0 Å². The number of hydrogen-bond donors (Lipinski definition) is 1. The lowest BCUT2D eigenvalue weighted by Crippen LogP contribution is -2.49. The molecule has 4 heteroatoms. The summed E-state index contributed by atoms with van der Waals surface area (Å²) in [6.45, 7) is 12.8. The van der Waals surface area contributed by atoms with Crippen LogP contribution in [0.5, 0.6) is 0 Å². The lowest BCUT2D eigenvalue weighted by molar-refractivity contribution is -0.140. The Kier molecular flexibility index (Phi) is 8.85. The van der Waals surface area contributed by atoms with Gasteiger partial charge in [0, 0.05) is 19.0 Å². The maximum atomic E-state index is 13.2. The van der Waals surface area contributed by atoms with Crippen molar-refractivity contribution < 1.29 is 9.59 Å². The minimum atomic E-state index is -0.523. The lowest BCUT2D eigenvalue weighted by Gasteiger charge is -2.30. The predicted molar refractivity (Wildman–Crippen MR) is 128 cm³/mol. The first-order valence-corrected chi connectivity index (χ1v) is 11.3. The molecule has 0 radical (unpaired) electrons. The second-order valence-corrected chi connectivity index (χ2v) is 9.45. The Hall–Kier alpha value is -2.62. The van der Waals surface area contributed by atoms with Crippen LogP contribution < -0.4 is 5.32 Å². The molecule has 2 amide bonds. The molecule has 0 unspecified atom stereocenters. The standard InChI is InChI=1S/C27H38N2O2/c1-7-20(2)28-26(31)21(3)29(19-23-11-9-8-10-12-23)25(30)18-15-22-13-16-24(17-14-22)27(4,5)6/h8-14,16-17,20-21H,7,15,18-19H2,1-6H3,(H,28,31)/t20-,21+/m1/s1. The maximum absolute atomic E-state index is 13.2. The van der Waals surface area contributed by atoms with E-state index < -0.39 is 6.04 Å². The van der Waals surface area contributed by atoms with Crippen molar-refractivity contribution in [2.24, 2.45) is 0 Å². The molecular weight excluding hydrogens is 384 g/mol. The number of aryl methyl sites for hydroxylation is 1. The number of amides is 2. The molecule has 0 saturated carbocycles. The van der Waals surface area contributed by atoms with Gasteiger partial charge in [0.15, 0.2) is 0 Å². The van der Waals surface area contributed by atoms with Gasteiger partial charge in [-0.2, -0.15) is 0 Å². The summed E-state index contributed by atoms with van der Waals surface area (Å²) in [5.74, 6) is -0.108. The Morgan fingerprint density at radius 1 is 0.935 bits per heavy atom. The molecule has 4 nitrogen and oxygen atoms in total. The first kappa shape index (κ1) is 24.6. The van der Waals surface area contributed by atoms with Gasteiger partial charge in [-0.3, -0.25) is 9.59 Å². The summed E-state index contributed by atoms with van der Waals surface area (Å²) in [5.41, 5.74) is 3.55. The van der Waals surface area contributed by atoms with Gasteiger partial charge in [-0.1, -0.05) is 82.3 Å². The minimum absolute atomic E-state index is 0.00412. The Balaban J connectivity index is 2.10. The van der Waals surface area contributed by atoms with Gasteiger partial charge < -0.3 is 10.2 Å². The van der Waals surface area contributed by atoms with Crippen molar-refractivity contribution in [2.45, 2.75) is 84.8 Å². The number of benzene rings is 2. The fourth-order valence-electron chi connectivity index (χ4n) is 3.39. The van der Waals surface area contributed by atoms with Gasteiger partial charge in [-0.25, -0.2) is 0 Å². The summed E-state index contributed by atoms with van der Waals surface area (Å²) in [4.78, 5) is 27.6. The van der Waals surface area contributed by atoms with Crippen LogP contribution in [-0.2, 0) is 28.0 Å². The average Bonchev–Trinajstić information content (AvgIpc) is 2.75. The molecule has 2 atom stereocenters. The molecule has 0 heterocycles. The molecule has 0 bridgehead atoms. The highest BCUT2D eigenvalue weighted by Gasteiger charge is 2.26. The highest BCUT2D eigenvalue weighted by Crippen LogP contribution is 2.22. The van der Waals surface area contributed by atoms with Crippen LogP contribution in [0.25, 0.3) is 0 Å². The van der Waals surface area contributed by atoms with E-state index in [2.05, 4.69) is 50.4 Å². The number of nitrogens with zero attached hydrogens (tertiary/aromatic N) is 1. The molecule has 31 heavy (non-hydrogen) atoms. The predicted octanol–water partition coefficient (Wildman–Crippen LogP) is 5.25. The topological polar surface area (TPSA) is 49.4 Å². The Labute approximate surface area is 188 Å². The van der Waals surface area contributed by atoms with Gasteiger partial charge in [0.05, 0.1) is 0 Å². The monoisotopic (exact) mass is 422 g/mol. The molecule has 2 aromatic rings. The van der Waals surface area contributed by atoms with E-state index in [9.17, 15) is 9.59 Å². The zero-order chi connectivity index (χ0) is 23.0. The zero-order valence-electron chi connectivity index (χ0n) is 19.9. The quantitative estimate of drug-likeness (QED) is 0.600. The van der Waals surface area contributed by atoms with E-state index in [0.717, 1.165) is 17.5 Å². The lowest BCUT2D eigenvalue weighted by atomic mass is 9.86. The van der Waals surface area contributed by atoms with Gasteiger partial charge >= 0.3 is 0 Å². The summed E-state index contributed by atoms with van der Waals surface area (Å²) in [7, 11) is 0. The molecule has 2 rings (SSSR count). The summed E-state index contributed by atoms with van der Waals surface area (Å²) in [5, 5.41) is 3.01. The van der Waals surface area contributed by atoms with Crippen molar-refractivity contribution in [3.05, 3.63) is 71.3 Å². The fraction of sp³-hybridized carbons (Fsp3) is 0.481. The molecule has 0 aromatic heterocycles. The van der Waals surface area contributed by atoms with Gasteiger partial charge in [0.2, 0.25) is 11.8 Å². The maximum Gasteiger partial charge on any atom is 0.242 e. The van der Waals surface area contributed by atoms with E-state index in [0.29, 0.717) is 19.4 Å². The van der Waals surface area contributed by atoms with E-state index in [1.165, 1.54) is 5.56 Å². The summed E-state index contributed by atoms with van der Waals surface area (Å²) >= 11 is 0. The summed E-state index contributed by atoms with van der Waals surface area (Å²) < 4.78 is 0. The molecule has 0 aliphatic heterocycles. The molecule has 0 fully saturated rings. The van der Waals surface area contributed by atoms with Crippen molar-refractivity contribution in [2.75, 3.05) is 0 Å². The van der Waals surface area contributed by atoms with E-state index in [1.54, 1.807) is 4.90 Å². The second kappa shape index (κ2) is 11.1. The van der Waals surface area contributed by atoms with Crippen LogP contribution in [0.3, 0.4) is 0 Å². The van der Waals surface area contributed by atoms with E-state index >= 15 is 0 Å². The highest BCUT2D eigenvalue weighted by molar-refractivity contribution is 5.87. The van der Waals surface area contributed by atoms with Crippen molar-refractivity contribution >= 4 is 11.8 Å². The van der Waals surface area contributed by atoms with Crippen molar-refractivity contribution in [3.8, 4) is 0 Å². The SMILES string of the molecule is CC[C@@H](C)NC(=O)[C@H](C)N(Cc1ccccc1)C(=O)CCc1ccc(C(C)(C)C)cc1. The van der Waals surface area contributed by atoms with Gasteiger partial charge in [0.1, 0.15) is 6.04 Å². The van der Waals surface area contributed by atoms with Crippen molar-refractivity contribution in [1.82, 2.24) is 10.2 Å². The fourth-order valence-corrected chi connectivity index (χ4v) is 3.39. The van der Waals surface area contributed by atoms with Crippen LogP contribution in [0.15, 0.2) is 54.6 Å². The first-order valence-electron chi connectivity index (χ1n) is 11.3. The Morgan fingerprint density at radius 3 is 2.10 bits per heavy atom. The molecule has 1 N–H and O–H groups in total. The molecule has 0 saturated heterocycles. The third-order valence-electron chi connectivity index (χ3n) is 5.81. The van der Waals surface area contributed by atoms with Crippen LogP contribution in [0.1, 0.15) is 71.1 Å². The molecular formula is C27H38N2O2. The molecule has 168 valence electrons. The largest absolute Gasteiger partial charge is 0.352 e. The van der Waals surface area contributed by atoms with Crippen LogP contribution >= 0.6 is 0 Å². The third kappa shape index (κ3) is 7.54. The Bertz CT molecular complexity index is 838. The van der Waals surface area contributed by atoms with Crippen molar-refractivity contribution in [3.63, 3.8) is 0 Å². The highest BCUT2D eigenvalue weighted by atomic mass is 16.2. The summed E-state index contributed by atoms with van der Waals surface area (Å²) in [6, 6.07) is 17.9. The molecule has 2 aromatic carbocycles. The number of hydrogen-bond acceptors (Lipinski definition) is 2.